The molecule has 0 spiro atoms. The Kier molecular flexibility index (Phi) is 4.34. The summed E-state index contributed by atoms with van der Waals surface area (Å²) >= 11 is 0. The number of benzene rings is 1. The standard InChI is InChI=1S/C22H24N2/c23-15-19-21(16-9-3-1-4-10-16)18-13-5-2-6-14-20(18)24-22(19)17-11-7-8-12-17/h1,3-4,9-10,17H,2,5-8,11-14H2. The van der Waals surface area contributed by atoms with Gasteiger partial charge in [-0.25, -0.2) is 0 Å². The first-order valence-corrected chi connectivity index (χ1v) is 9.39. The second-order valence-corrected chi connectivity index (χ2v) is 7.19. The third kappa shape index (κ3) is 2.73. The van der Waals surface area contributed by atoms with Gasteiger partial charge in [-0.15, -0.1) is 0 Å². The fourth-order valence-corrected chi connectivity index (χ4v) is 4.47. The Balaban J connectivity index is 1.97. The van der Waals surface area contributed by atoms with Crippen LogP contribution in [0.3, 0.4) is 0 Å². The van der Waals surface area contributed by atoms with Crippen molar-refractivity contribution in [3.63, 3.8) is 0 Å². The predicted octanol–water partition coefficient (Wildman–Crippen LogP) is 5.55. The maximum atomic E-state index is 10.0. The second kappa shape index (κ2) is 6.77. The molecular weight excluding hydrogens is 292 g/mol. The van der Waals surface area contributed by atoms with Gasteiger partial charge in [0.2, 0.25) is 0 Å². The first-order chi connectivity index (χ1) is 11.9. The van der Waals surface area contributed by atoms with Crippen LogP contribution in [0.25, 0.3) is 11.1 Å². The van der Waals surface area contributed by atoms with Crippen LogP contribution < -0.4 is 0 Å². The fourth-order valence-electron chi connectivity index (χ4n) is 4.47. The van der Waals surface area contributed by atoms with E-state index in [0.29, 0.717) is 5.92 Å². The smallest absolute Gasteiger partial charge is 0.102 e. The number of hydrogen-bond donors (Lipinski definition) is 0. The quantitative estimate of drug-likeness (QED) is 0.681. The van der Waals surface area contributed by atoms with Gasteiger partial charge in [-0.2, -0.15) is 5.26 Å². The fraction of sp³-hybridized carbons (Fsp3) is 0.455. The van der Waals surface area contributed by atoms with Gasteiger partial charge < -0.3 is 0 Å². The van der Waals surface area contributed by atoms with E-state index in [1.165, 1.54) is 67.3 Å². The minimum absolute atomic E-state index is 0.482. The van der Waals surface area contributed by atoms with Gasteiger partial charge in [-0.1, -0.05) is 49.6 Å². The minimum Gasteiger partial charge on any atom is -0.256 e. The lowest BCUT2D eigenvalue weighted by Crippen LogP contribution is -2.10. The maximum absolute atomic E-state index is 10.0. The lowest BCUT2D eigenvalue weighted by Gasteiger charge is -2.20. The summed E-state index contributed by atoms with van der Waals surface area (Å²) in [6.07, 6.45) is 10.8. The van der Waals surface area contributed by atoms with Crippen molar-refractivity contribution < 1.29 is 0 Å². The number of pyridine rings is 1. The van der Waals surface area contributed by atoms with Crippen LogP contribution in [-0.2, 0) is 12.8 Å². The van der Waals surface area contributed by atoms with E-state index in [9.17, 15) is 5.26 Å². The van der Waals surface area contributed by atoms with E-state index in [4.69, 9.17) is 4.98 Å². The third-order valence-corrected chi connectivity index (χ3v) is 5.67. The summed E-state index contributed by atoms with van der Waals surface area (Å²) < 4.78 is 0. The molecule has 2 nitrogen and oxygen atoms in total. The molecule has 0 amide bonds. The number of aryl methyl sites for hydroxylation is 1. The average Bonchev–Trinajstić information content (AvgIpc) is 3.06. The average molecular weight is 316 g/mol. The van der Waals surface area contributed by atoms with Crippen molar-refractivity contribution in [1.82, 2.24) is 4.98 Å². The van der Waals surface area contributed by atoms with Gasteiger partial charge in [0, 0.05) is 17.2 Å². The van der Waals surface area contributed by atoms with Crippen molar-refractivity contribution in [3.8, 4) is 17.2 Å². The molecule has 1 fully saturated rings. The largest absolute Gasteiger partial charge is 0.256 e. The van der Waals surface area contributed by atoms with Crippen LogP contribution in [0.5, 0.6) is 0 Å². The Morgan fingerprint density at radius 3 is 2.42 bits per heavy atom. The summed E-state index contributed by atoms with van der Waals surface area (Å²) in [6.45, 7) is 0. The molecule has 122 valence electrons. The number of nitrogens with zero attached hydrogens (tertiary/aromatic N) is 2. The Labute approximate surface area is 144 Å². The predicted molar refractivity (Wildman–Crippen MR) is 96.9 cm³/mol. The highest BCUT2D eigenvalue weighted by Crippen LogP contribution is 2.41. The van der Waals surface area contributed by atoms with Gasteiger partial charge in [-0.05, 0) is 49.7 Å². The van der Waals surface area contributed by atoms with Crippen molar-refractivity contribution in [3.05, 3.63) is 52.8 Å². The highest BCUT2D eigenvalue weighted by atomic mass is 14.7. The van der Waals surface area contributed by atoms with E-state index in [0.717, 1.165) is 24.1 Å². The summed E-state index contributed by atoms with van der Waals surface area (Å²) in [5.41, 5.74) is 6.94. The van der Waals surface area contributed by atoms with Crippen LogP contribution in [0.4, 0.5) is 0 Å². The molecule has 1 saturated carbocycles. The molecule has 0 aliphatic heterocycles. The van der Waals surface area contributed by atoms with Gasteiger partial charge in [-0.3, -0.25) is 4.98 Å². The van der Waals surface area contributed by atoms with E-state index in [1.54, 1.807) is 0 Å². The molecule has 1 heterocycles. The molecule has 24 heavy (non-hydrogen) atoms. The van der Waals surface area contributed by atoms with Gasteiger partial charge in [0.25, 0.3) is 0 Å². The molecular formula is C22H24N2. The highest BCUT2D eigenvalue weighted by Gasteiger charge is 2.27. The molecule has 2 aliphatic carbocycles. The van der Waals surface area contributed by atoms with Crippen LogP contribution in [0.2, 0.25) is 0 Å². The SMILES string of the molecule is N#Cc1c(C2CCCC2)nc2c(c1-c1ccccc1)CCCCC2. The van der Waals surface area contributed by atoms with Crippen molar-refractivity contribution in [2.24, 2.45) is 0 Å². The molecule has 1 aromatic heterocycles. The number of hydrogen-bond acceptors (Lipinski definition) is 2. The molecule has 0 radical (unpaired) electrons. The lowest BCUT2D eigenvalue weighted by molar-refractivity contribution is 0.681. The Morgan fingerprint density at radius 1 is 0.917 bits per heavy atom. The monoisotopic (exact) mass is 316 g/mol. The van der Waals surface area contributed by atoms with Crippen LogP contribution in [0.15, 0.2) is 30.3 Å². The second-order valence-electron chi connectivity index (χ2n) is 7.19. The van der Waals surface area contributed by atoms with E-state index in [-0.39, 0.29) is 0 Å². The first-order valence-electron chi connectivity index (χ1n) is 9.39. The molecule has 0 N–H and O–H groups in total. The zero-order valence-corrected chi connectivity index (χ0v) is 14.2. The molecule has 1 aromatic carbocycles. The number of aromatic nitrogens is 1. The number of nitriles is 1. The van der Waals surface area contributed by atoms with Gasteiger partial charge in [0.15, 0.2) is 0 Å². The van der Waals surface area contributed by atoms with Crippen molar-refractivity contribution in [2.45, 2.75) is 63.7 Å². The lowest BCUT2D eigenvalue weighted by atomic mass is 9.87. The Morgan fingerprint density at radius 2 is 1.67 bits per heavy atom. The molecule has 2 aromatic rings. The van der Waals surface area contributed by atoms with E-state index < -0.39 is 0 Å². The van der Waals surface area contributed by atoms with Crippen LogP contribution in [0, 0.1) is 11.3 Å². The van der Waals surface area contributed by atoms with Gasteiger partial charge >= 0.3 is 0 Å². The summed E-state index contributed by atoms with van der Waals surface area (Å²) in [7, 11) is 0. The van der Waals surface area contributed by atoms with E-state index >= 15 is 0 Å². The van der Waals surface area contributed by atoms with E-state index in [2.05, 4.69) is 30.3 Å². The molecule has 0 bridgehead atoms. The molecule has 2 aliphatic rings. The Bertz CT molecular complexity index is 765. The third-order valence-electron chi connectivity index (χ3n) is 5.67. The maximum Gasteiger partial charge on any atom is 0.102 e. The summed E-state index contributed by atoms with van der Waals surface area (Å²) in [4.78, 5) is 5.09. The molecule has 2 heteroatoms. The zero-order valence-electron chi connectivity index (χ0n) is 14.2. The van der Waals surface area contributed by atoms with Crippen LogP contribution in [-0.4, -0.2) is 4.98 Å². The highest BCUT2D eigenvalue weighted by molar-refractivity contribution is 5.76. The summed E-state index contributed by atoms with van der Waals surface area (Å²) in [5, 5.41) is 10.0. The molecule has 0 unspecified atom stereocenters. The summed E-state index contributed by atoms with van der Waals surface area (Å²) in [6, 6.07) is 13.1. The first kappa shape index (κ1) is 15.4. The Hall–Kier alpha value is -2.14. The van der Waals surface area contributed by atoms with Crippen LogP contribution >= 0.6 is 0 Å². The normalized spacial score (nSPS) is 18.0. The van der Waals surface area contributed by atoms with Crippen molar-refractivity contribution >= 4 is 0 Å². The zero-order chi connectivity index (χ0) is 16.4. The number of fused-ring (bicyclic) bond motifs is 1. The van der Waals surface area contributed by atoms with Crippen LogP contribution in [0.1, 0.15) is 73.4 Å². The van der Waals surface area contributed by atoms with Gasteiger partial charge in [0.05, 0.1) is 11.3 Å². The number of rotatable bonds is 2. The topological polar surface area (TPSA) is 36.7 Å². The van der Waals surface area contributed by atoms with Crippen molar-refractivity contribution in [2.75, 3.05) is 0 Å². The molecule has 0 atom stereocenters. The summed E-state index contributed by atoms with van der Waals surface area (Å²) in [5.74, 6) is 0.482. The van der Waals surface area contributed by atoms with Gasteiger partial charge in [0.1, 0.15) is 6.07 Å². The molecule has 4 rings (SSSR count). The van der Waals surface area contributed by atoms with E-state index in [1.807, 2.05) is 6.07 Å². The molecule has 0 saturated heterocycles. The minimum atomic E-state index is 0.482. The van der Waals surface area contributed by atoms with Crippen molar-refractivity contribution in [1.29, 1.82) is 5.26 Å².